The average molecular weight is 355 g/mol. The van der Waals surface area contributed by atoms with Crippen LogP contribution in [0.15, 0.2) is 28.7 Å². The molecule has 1 saturated carbocycles. The van der Waals surface area contributed by atoms with Crippen molar-refractivity contribution in [2.75, 3.05) is 27.2 Å². The molecule has 5 heteroatoms. The van der Waals surface area contributed by atoms with Gasteiger partial charge in [-0.15, -0.1) is 0 Å². The SMILES string of the molecule is CN(CC(=O)N(C)Cc1ccccc1Br)CC1CC(O)C1. The van der Waals surface area contributed by atoms with Gasteiger partial charge in [0.15, 0.2) is 0 Å². The Kier molecular flexibility index (Phi) is 5.79. The maximum Gasteiger partial charge on any atom is 0.236 e. The molecule has 0 saturated heterocycles. The Balaban J connectivity index is 1.78. The highest BCUT2D eigenvalue weighted by atomic mass is 79.9. The second-order valence-electron chi connectivity index (χ2n) is 6.03. The molecular formula is C16H23BrN2O2. The van der Waals surface area contributed by atoms with E-state index in [9.17, 15) is 9.90 Å². The van der Waals surface area contributed by atoms with E-state index in [4.69, 9.17) is 0 Å². The summed E-state index contributed by atoms with van der Waals surface area (Å²) in [5, 5.41) is 9.29. The van der Waals surface area contributed by atoms with E-state index in [0.29, 0.717) is 19.0 Å². The van der Waals surface area contributed by atoms with Crippen molar-refractivity contribution in [1.82, 2.24) is 9.80 Å². The van der Waals surface area contributed by atoms with Crippen molar-refractivity contribution in [3.8, 4) is 0 Å². The first-order chi connectivity index (χ1) is 9.95. The summed E-state index contributed by atoms with van der Waals surface area (Å²) >= 11 is 3.51. The van der Waals surface area contributed by atoms with Crippen molar-refractivity contribution >= 4 is 21.8 Å². The second-order valence-corrected chi connectivity index (χ2v) is 6.88. The summed E-state index contributed by atoms with van der Waals surface area (Å²) in [6, 6.07) is 7.96. The maximum atomic E-state index is 12.2. The normalized spacial score (nSPS) is 21.2. The third kappa shape index (κ3) is 4.80. The zero-order chi connectivity index (χ0) is 15.4. The summed E-state index contributed by atoms with van der Waals surface area (Å²) in [6.45, 7) is 1.91. The van der Waals surface area contributed by atoms with Crippen molar-refractivity contribution in [1.29, 1.82) is 0 Å². The molecule has 0 spiro atoms. The van der Waals surface area contributed by atoms with Gasteiger partial charge in [0.05, 0.1) is 12.6 Å². The fourth-order valence-electron chi connectivity index (χ4n) is 2.68. The van der Waals surface area contributed by atoms with Crippen LogP contribution < -0.4 is 0 Å². The van der Waals surface area contributed by atoms with Crippen LogP contribution in [0.5, 0.6) is 0 Å². The molecule has 0 atom stereocenters. The van der Waals surface area contributed by atoms with E-state index >= 15 is 0 Å². The van der Waals surface area contributed by atoms with Gasteiger partial charge in [-0.2, -0.15) is 0 Å². The third-order valence-electron chi connectivity index (χ3n) is 3.98. The van der Waals surface area contributed by atoms with Gasteiger partial charge in [0, 0.05) is 24.6 Å². The summed E-state index contributed by atoms with van der Waals surface area (Å²) in [5.41, 5.74) is 1.11. The Bertz CT molecular complexity index is 489. The molecule has 1 amide bonds. The van der Waals surface area contributed by atoms with E-state index in [-0.39, 0.29) is 12.0 Å². The molecule has 0 aliphatic heterocycles. The second kappa shape index (κ2) is 7.38. The number of rotatable bonds is 6. The number of benzene rings is 1. The summed E-state index contributed by atoms with van der Waals surface area (Å²) < 4.78 is 1.03. The number of carbonyl (C=O) groups excluding carboxylic acids is 1. The number of hydrogen-bond acceptors (Lipinski definition) is 3. The summed E-state index contributed by atoms with van der Waals surface area (Å²) in [7, 11) is 3.80. The summed E-state index contributed by atoms with van der Waals surface area (Å²) in [4.78, 5) is 16.0. The van der Waals surface area contributed by atoms with Gasteiger partial charge in [-0.05, 0) is 37.4 Å². The minimum atomic E-state index is -0.128. The average Bonchev–Trinajstić information content (AvgIpc) is 2.39. The molecule has 1 aliphatic carbocycles. The molecule has 1 aromatic rings. The Hall–Kier alpha value is -0.910. The van der Waals surface area contributed by atoms with Crippen LogP contribution in [-0.4, -0.2) is 54.1 Å². The van der Waals surface area contributed by atoms with Gasteiger partial charge in [-0.25, -0.2) is 0 Å². The fourth-order valence-corrected chi connectivity index (χ4v) is 3.09. The Morgan fingerprint density at radius 3 is 2.62 bits per heavy atom. The summed E-state index contributed by atoms with van der Waals surface area (Å²) in [6.07, 6.45) is 1.61. The number of likely N-dealkylation sites (N-methyl/N-ethyl adjacent to an activating group) is 2. The Labute approximate surface area is 134 Å². The lowest BCUT2D eigenvalue weighted by atomic mass is 9.82. The smallest absolute Gasteiger partial charge is 0.236 e. The molecule has 0 radical (unpaired) electrons. The van der Waals surface area contributed by atoms with Crippen LogP contribution >= 0.6 is 15.9 Å². The number of hydrogen-bond donors (Lipinski definition) is 1. The third-order valence-corrected chi connectivity index (χ3v) is 4.75. The predicted molar refractivity (Wildman–Crippen MR) is 86.8 cm³/mol. The molecule has 0 unspecified atom stereocenters. The fraction of sp³-hybridized carbons (Fsp3) is 0.562. The molecule has 2 rings (SSSR count). The van der Waals surface area contributed by atoms with Crippen LogP contribution in [0.2, 0.25) is 0 Å². The van der Waals surface area contributed by atoms with Gasteiger partial charge in [-0.1, -0.05) is 34.1 Å². The van der Waals surface area contributed by atoms with E-state index in [2.05, 4.69) is 20.8 Å². The summed E-state index contributed by atoms with van der Waals surface area (Å²) in [5.74, 6) is 0.652. The van der Waals surface area contributed by atoms with E-state index in [0.717, 1.165) is 29.4 Å². The highest BCUT2D eigenvalue weighted by Gasteiger charge is 2.28. The highest BCUT2D eigenvalue weighted by molar-refractivity contribution is 9.10. The molecule has 1 aliphatic rings. The molecule has 21 heavy (non-hydrogen) atoms. The van der Waals surface area contributed by atoms with E-state index < -0.39 is 0 Å². The monoisotopic (exact) mass is 354 g/mol. The zero-order valence-corrected chi connectivity index (χ0v) is 14.2. The number of nitrogens with zero attached hydrogens (tertiary/aromatic N) is 2. The number of aliphatic hydroxyl groups excluding tert-OH is 1. The number of carbonyl (C=O) groups is 1. The molecule has 1 aromatic carbocycles. The highest BCUT2D eigenvalue weighted by Crippen LogP contribution is 2.27. The minimum Gasteiger partial charge on any atom is -0.393 e. The van der Waals surface area contributed by atoms with E-state index in [1.165, 1.54) is 0 Å². The molecule has 1 N–H and O–H groups in total. The van der Waals surface area contributed by atoms with Crippen LogP contribution in [-0.2, 0) is 11.3 Å². The van der Waals surface area contributed by atoms with Crippen LogP contribution in [0.4, 0.5) is 0 Å². The standard InChI is InChI=1S/C16H23BrN2O2/c1-18(9-12-7-14(20)8-12)11-16(21)19(2)10-13-5-3-4-6-15(13)17/h3-6,12,14,20H,7-11H2,1-2H3. The van der Waals surface area contributed by atoms with Crippen molar-refractivity contribution in [3.05, 3.63) is 34.3 Å². The predicted octanol–water partition coefficient (Wildman–Crippen LogP) is 2.11. The Morgan fingerprint density at radius 2 is 2.00 bits per heavy atom. The van der Waals surface area contributed by atoms with E-state index in [1.54, 1.807) is 4.90 Å². The van der Waals surface area contributed by atoms with Crippen LogP contribution in [0.3, 0.4) is 0 Å². The topological polar surface area (TPSA) is 43.8 Å². The minimum absolute atomic E-state index is 0.119. The molecule has 4 nitrogen and oxygen atoms in total. The number of amides is 1. The molecule has 0 bridgehead atoms. The largest absolute Gasteiger partial charge is 0.393 e. The zero-order valence-electron chi connectivity index (χ0n) is 12.6. The van der Waals surface area contributed by atoms with Crippen molar-refractivity contribution in [2.45, 2.75) is 25.5 Å². The first kappa shape index (κ1) is 16.5. The van der Waals surface area contributed by atoms with Crippen molar-refractivity contribution in [3.63, 3.8) is 0 Å². The first-order valence-corrected chi connectivity index (χ1v) is 8.09. The van der Waals surface area contributed by atoms with Crippen molar-refractivity contribution < 1.29 is 9.90 Å². The molecule has 116 valence electrons. The van der Waals surface area contributed by atoms with Crippen molar-refractivity contribution in [2.24, 2.45) is 5.92 Å². The molecule has 1 fully saturated rings. The lowest BCUT2D eigenvalue weighted by Crippen LogP contribution is -2.41. The van der Waals surface area contributed by atoms with Gasteiger partial charge in [0.2, 0.25) is 5.91 Å². The van der Waals surface area contributed by atoms with Gasteiger partial charge in [0.1, 0.15) is 0 Å². The molecule has 0 heterocycles. The molecule has 0 aromatic heterocycles. The van der Waals surface area contributed by atoms with Crippen LogP contribution in [0.25, 0.3) is 0 Å². The van der Waals surface area contributed by atoms with Gasteiger partial charge < -0.3 is 10.0 Å². The van der Waals surface area contributed by atoms with Gasteiger partial charge in [-0.3, -0.25) is 9.69 Å². The number of aliphatic hydroxyl groups is 1. The lowest BCUT2D eigenvalue weighted by molar-refractivity contribution is -0.131. The Morgan fingerprint density at radius 1 is 1.33 bits per heavy atom. The van der Waals surface area contributed by atoms with Gasteiger partial charge >= 0.3 is 0 Å². The quantitative estimate of drug-likeness (QED) is 0.850. The van der Waals surface area contributed by atoms with Gasteiger partial charge in [0.25, 0.3) is 0 Å². The maximum absolute atomic E-state index is 12.2. The first-order valence-electron chi connectivity index (χ1n) is 7.29. The lowest BCUT2D eigenvalue weighted by Gasteiger charge is -2.34. The van der Waals surface area contributed by atoms with Crippen LogP contribution in [0.1, 0.15) is 18.4 Å². The number of halogens is 1. The van der Waals surface area contributed by atoms with Crippen LogP contribution in [0, 0.1) is 5.92 Å². The molecular weight excluding hydrogens is 332 g/mol. The van der Waals surface area contributed by atoms with E-state index in [1.807, 2.05) is 38.4 Å².